The molecule has 124 valence electrons. The molecule has 1 atom stereocenters. The molecule has 3 aliphatic rings. The minimum absolute atomic E-state index is 0.352. The summed E-state index contributed by atoms with van der Waals surface area (Å²) in [6.07, 6.45) is 12.2. The summed E-state index contributed by atoms with van der Waals surface area (Å²) in [5.41, 5.74) is 0. The zero-order valence-electron chi connectivity index (χ0n) is 13.9. The van der Waals surface area contributed by atoms with Crippen molar-refractivity contribution in [3.63, 3.8) is 0 Å². The van der Waals surface area contributed by atoms with Gasteiger partial charge in [0.1, 0.15) is 0 Å². The van der Waals surface area contributed by atoms with Gasteiger partial charge in [-0.3, -0.25) is 9.69 Å². The Bertz CT molecular complexity index is 382. The topological polar surface area (TPSA) is 26.8 Å². The number of piperidine rings is 1. The van der Waals surface area contributed by atoms with E-state index in [1.165, 1.54) is 45.1 Å². The summed E-state index contributed by atoms with van der Waals surface area (Å²) in [5.74, 6) is 1.21. The lowest BCUT2D eigenvalue weighted by atomic mass is 9.94. The molecule has 22 heavy (non-hydrogen) atoms. The predicted molar refractivity (Wildman–Crippen MR) is 89.8 cm³/mol. The van der Waals surface area contributed by atoms with Gasteiger partial charge in [-0.05, 0) is 44.4 Å². The van der Waals surface area contributed by atoms with Crippen molar-refractivity contribution in [3.8, 4) is 0 Å². The Balaban J connectivity index is 1.36. The number of carbonyl (C=O) groups excluding carboxylic acids is 1. The molecule has 2 aliphatic heterocycles. The highest BCUT2D eigenvalue weighted by Gasteiger charge is 2.24. The summed E-state index contributed by atoms with van der Waals surface area (Å²) >= 11 is 0. The van der Waals surface area contributed by atoms with Gasteiger partial charge in [-0.2, -0.15) is 0 Å². The first-order valence-electron chi connectivity index (χ1n) is 9.19. The third-order valence-electron chi connectivity index (χ3n) is 5.43. The molecule has 1 amide bonds. The van der Waals surface area contributed by atoms with Crippen molar-refractivity contribution in [1.29, 1.82) is 0 Å². The van der Waals surface area contributed by atoms with E-state index in [9.17, 15) is 4.79 Å². The smallest absolute Gasteiger partial charge is 0.236 e. The van der Waals surface area contributed by atoms with Gasteiger partial charge < -0.3 is 9.80 Å². The van der Waals surface area contributed by atoms with Gasteiger partial charge in [-0.1, -0.05) is 12.2 Å². The molecule has 4 nitrogen and oxygen atoms in total. The van der Waals surface area contributed by atoms with Gasteiger partial charge >= 0.3 is 0 Å². The van der Waals surface area contributed by atoms with Crippen LogP contribution in [0.4, 0.5) is 0 Å². The molecule has 0 saturated carbocycles. The first kappa shape index (κ1) is 16.0. The molecule has 1 aliphatic carbocycles. The van der Waals surface area contributed by atoms with E-state index >= 15 is 0 Å². The van der Waals surface area contributed by atoms with Crippen molar-refractivity contribution in [3.05, 3.63) is 12.2 Å². The lowest BCUT2D eigenvalue weighted by Crippen LogP contribution is -2.51. The van der Waals surface area contributed by atoms with Crippen LogP contribution in [0.5, 0.6) is 0 Å². The first-order valence-corrected chi connectivity index (χ1v) is 9.19. The SMILES string of the molecule is O=C(CN1CCN(C[C@H]2CC=CCC2)CC1)N1CCCCC1. The Morgan fingerprint density at radius 1 is 0.909 bits per heavy atom. The molecule has 2 heterocycles. The van der Waals surface area contributed by atoms with Crippen LogP contribution in [-0.4, -0.2) is 73.0 Å². The molecule has 4 heteroatoms. The first-order chi connectivity index (χ1) is 10.8. The number of amides is 1. The summed E-state index contributed by atoms with van der Waals surface area (Å²) in [4.78, 5) is 19.4. The van der Waals surface area contributed by atoms with Crippen LogP contribution in [0.2, 0.25) is 0 Å². The molecule has 0 unspecified atom stereocenters. The van der Waals surface area contributed by atoms with Crippen LogP contribution in [0.1, 0.15) is 38.5 Å². The highest BCUT2D eigenvalue weighted by molar-refractivity contribution is 5.78. The third kappa shape index (κ3) is 4.56. The number of nitrogens with zero attached hydrogens (tertiary/aromatic N) is 3. The quantitative estimate of drug-likeness (QED) is 0.743. The van der Waals surface area contributed by atoms with Crippen LogP contribution in [0.25, 0.3) is 0 Å². The Morgan fingerprint density at radius 2 is 1.64 bits per heavy atom. The van der Waals surface area contributed by atoms with E-state index in [1.54, 1.807) is 0 Å². The maximum Gasteiger partial charge on any atom is 0.236 e. The van der Waals surface area contributed by atoms with Crippen molar-refractivity contribution in [2.75, 3.05) is 52.4 Å². The molecule has 0 aromatic carbocycles. The Kier molecular flexibility index (Phi) is 5.90. The number of hydrogen-bond donors (Lipinski definition) is 0. The van der Waals surface area contributed by atoms with Gasteiger partial charge in [0, 0.05) is 45.8 Å². The fourth-order valence-electron chi connectivity index (χ4n) is 3.95. The van der Waals surface area contributed by atoms with Crippen molar-refractivity contribution < 1.29 is 4.79 Å². The lowest BCUT2D eigenvalue weighted by Gasteiger charge is -2.37. The van der Waals surface area contributed by atoms with E-state index in [0.717, 1.165) is 45.2 Å². The molecule has 0 aromatic rings. The average molecular weight is 305 g/mol. The summed E-state index contributed by atoms with van der Waals surface area (Å²) in [7, 11) is 0. The molecule has 0 N–H and O–H groups in total. The Morgan fingerprint density at radius 3 is 2.32 bits per heavy atom. The van der Waals surface area contributed by atoms with Gasteiger partial charge in [0.25, 0.3) is 0 Å². The Hall–Kier alpha value is -0.870. The molecule has 0 radical (unpaired) electrons. The number of rotatable bonds is 4. The van der Waals surface area contributed by atoms with E-state index in [0.29, 0.717) is 12.5 Å². The lowest BCUT2D eigenvalue weighted by molar-refractivity contribution is -0.133. The fraction of sp³-hybridized carbons (Fsp3) is 0.833. The second-order valence-electron chi connectivity index (χ2n) is 7.17. The highest BCUT2D eigenvalue weighted by Crippen LogP contribution is 2.20. The van der Waals surface area contributed by atoms with E-state index in [1.807, 2.05) is 0 Å². The van der Waals surface area contributed by atoms with Gasteiger partial charge in [0.05, 0.1) is 6.54 Å². The van der Waals surface area contributed by atoms with Crippen LogP contribution in [-0.2, 0) is 4.79 Å². The average Bonchev–Trinajstić information content (AvgIpc) is 2.58. The third-order valence-corrected chi connectivity index (χ3v) is 5.43. The minimum Gasteiger partial charge on any atom is -0.342 e. The summed E-state index contributed by atoms with van der Waals surface area (Å²) < 4.78 is 0. The molecular weight excluding hydrogens is 274 g/mol. The van der Waals surface area contributed by atoms with Crippen LogP contribution in [0.15, 0.2) is 12.2 Å². The van der Waals surface area contributed by atoms with Gasteiger partial charge in [0.15, 0.2) is 0 Å². The summed E-state index contributed by atoms with van der Waals surface area (Å²) in [5, 5.41) is 0. The molecule has 2 fully saturated rings. The van der Waals surface area contributed by atoms with E-state index < -0.39 is 0 Å². The zero-order chi connectivity index (χ0) is 15.2. The van der Waals surface area contributed by atoms with E-state index in [2.05, 4.69) is 26.9 Å². The largest absolute Gasteiger partial charge is 0.342 e. The van der Waals surface area contributed by atoms with Crippen LogP contribution >= 0.6 is 0 Å². The summed E-state index contributed by atoms with van der Waals surface area (Å²) in [6.45, 7) is 8.23. The van der Waals surface area contributed by atoms with Crippen molar-refractivity contribution in [2.24, 2.45) is 5.92 Å². The van der Waals surface area contributed by atoms with Gasteiger partial charge in [-0.15, -0.1) is 0 Å². The van der Waals surface area contributed by atoms with E-state index in [-0.39, 0.29) is 0 Å². The number of carbonyl (C=O) groups is 1. The number of piperazine rings is 1. The number of likely N-dealkylation sites (tertiary alicyclic amines) is 1. The normalized spacial score (nSPS) is 28.0. The maximum absolute atomic E-state index is 12.3. The highest BCUT2D eigenvalue weighted by atomic mass is 16.2. The molecule has 0 spiro atoms. The molecule has 2 saturated heterocycles. The molecule has 3 rings (SSSR count). The molecule has 0 aromatic heterocycles. The second-order valence-corrected chi connectivity index (χ2v) is 7.17. The van der Waals surface area contributed by atoms with Crippen molar-refractivity contribution >= 4 is 5.91 Å². The Labute approximate surface area is 135 Å². The van der Waals surface area contributed by atoms with Crippen LogP contribution in [0, 0.1) is 5.92 Å². The monoisotopic (exact) mass is 305 g/mol. The number of allylic oxidation sites excluding steroid dienone is 2. The molecule has 0 bridgehead atoms. The van der Waals surface area contributed by atoms with E-state index in [4.69, 9.17) is 0 Å². The standard InChI is InChI=1S/C18H31N3O/c22-18(21-9-5-2-6-10-21)16-20-13-11-19(12-14-20)15-17-7-3-1-4-8-17/h1,3,17H,2,4-16H2/t17-/m0/s1. The fourth-order valence-corrected chi connectivity index (χ4v) is 3.95. The second kappa shape index (κ2) is 8.11. The van der Waals surface area contributed by atoms with Gasteiger partial charge in [0.2, 0.25) is 5.91 Å². The molecular formula is C18H31N3O. The number of hydrogen-bond acceptors (Lipinski definition) is 3. The predicted octanol–water partition coefficient (Wildman–Crippen LogP) is 1.97. The minimum atomic E-state index is 0.352. The van der Waals surface area contributed by atoms with Crippen molar-refractivity contribution in [2.45, 2.75) is 38.5 Å². The zero-order valence-corrected chi connectivity index (χ0v) is 13.9. The summed E-state index contributed by atoms with van der Waals surface area (Å²) in [6, 6.07) is 0. The van der Waals surface area contributed by atoms with Gasteiger partial charge in [-0.25, -0.2) is 0 Å². The van der Waals surface area contributed by atoms with Crippen LogP contribution in [0.3, 0.4) is 0 Å². The van der Waals surface area contributed by atoms with Crippen LogP contribution < -0.4 is 0 Å². The van der Waals surface area contributed by atoms with Crippen molar-refractivity contribution in [1.82, 2.24) is 14.7 Å². The maximum atomic E-state index is 12.3.